The quantitative estimate of drug-likeness (QED) is 0.495. The summed E-state index contributed by atoms with van der Waals surface area (Å²) in [5, 5.41) is 12.5. The van der Waals surface area contributed by atoms with Gasteiger partial charge in [0.2, 0.25) is 12.1 Å². The lowest BCUT2D eigenvalue weighted by atomic mass is 9.84. The van der Waals surface area contributed by atoms with E-state index in [1.54, 1.807) is 42.5 Å². The van der Waals surface area contributed by atoms with Crippen molar-refractivity contribution >= 4 is 29.1 Å². The molecule has 8 nitrogen and oxygen atoms in total. The van der Waals surface area contributed by atoms with Gasteiger partial charge in [0, 0.05) is 29.8 Å². The van der Waals surface area contributed by atoms with Gasteiger partial charge in [0.1, 0.15) is 18.1 Å². The van der Waals surface area contributed by atoms with E-state index >= 15 is 4.39 Å². The van der Waals surface area contributed by atoms with Crippen molar-refractivity contribution in [2.24, 2.45) is 16.8 Å². The number of nitrogens with one attached hydrogen (secondary N) is 1. The molecule has 1 atom stereocenters. The number of anilines is 1. The summed E-state index contributed by atoms with van der Waals surface area (Å²) in [7, 11) is 0. The number of nitrogens with zero attached hydrogens (tertiary/aromatic N) is 3. The van der Waals surface area contributed by atoms with Crippen molar-refractivity contribution in [2.75, 3.05) is 24.5 Å². The van der Waals surface area contributed by atoms with E-state index in [1.807, 2.05) is 4.90 Å². The summed E-state index contributed by atoms with van der Waals surface area (Å²) in [6.07, 6.45) is 3.01. The molecule has 210 valence electrons. The van der Waals surface area contributed by atoms with Crippen LogP contribution in [0.5, 0.6) is 5.75 Å². The fourth-order valence-corrected chi connectivity index (χ4v) is 6.14. The van der Waals surface area contributed by atoms with Crippen molar-refractivity contribution in [3.05, 3.63) is 95.3 Å². The number of hydrogen-bond acceptors (Lipinski definition) is 5. The predicted octanol–water partition coefficient (Wildman–Crippen LogP) is 4.12. The number of aliphatic imine (C=N–C) groups is 1. The van der Waals surface area contributed by atoms with Crippen molar-refractivity contribution in [2.45, 2.75) is 31.8 Å². The van der Waals surface area contributed by atoms with Crippen LogP contribution in [0.15, 0.2) is 77.8 Å². The van der Waals surface area contributed by atoms with Gasteiger partial charge in [-0.1, -0.05) is 36.4 Å². The van der Waals surface area contributed by atoms with E-state index in [4.69, 9.17) is 0 Å². The molecule has 1 saturated carbocycles. The molecular weight excluding hydrogens is 523 g/mol. The molecular formula is C32H31FN4O4. The van der Waals surface area contributed by atoms with E-state index in [1.165, 1.54) is 35.2 Å². The van der Waals surface area contributed by atoms with Gasteiger partial charge in [-0.2, -0.15) is 0 Å². The van der Waals surface area contributed by atoms with Crippen LogP contribution in [-0.4, -0.2) is 59.2 Å². The van der Waals surface area contributed by atoms with Crippen LogP contribution < -0.4 is 10.2 Å². The molecule has 0 aromatic heterocycles. The Balaban J connectivity index is 1.39. The van der Waals surface area contributed by atoms with Crippen LogP contribution in [0.3, 0.4) is 0 Å². The highest BCUT2D eigenvalue weighted by atomic mass is 19.1. The van der Waals surface area contributed by atoms with Gasteiger partial charge in [-0.3, -0.25) is 19.3 Å². The van der Waals surface area contributed by atoms with E-state index in [-0.39, 0.29) is 35.0 Å². The largest absolute Gasteiger partial charge is 0.508 e. The molecule has 3 aliphatic heterocycles. The van der Waals surface area contributed by atoms with Crippen molar-refractivity contribution in [3.63, 3.8) is 0 Å². The predicted molar refractivity (Wildman–Crippen MR) is 152 cm³/mol. The second-order valence-electron chi connectivity index (χ2n) is 11.0. The summed E-state index contributed by atoms with van der Waals surface area (Å²) in [4.78, 5) is 48.9. The van der Waals surface area contributed by atoms with Crippen molar-refractivity contribution in [3.8, 4) is 5.75 Å². The molecule has 3 amide bonds. The Hall–Kier alpha value is -4.53. The molecule has 1 aliphatic carbocycles. The zero-order valence-corrected chi connectivity index (χ0v) is 22.5. The summed E-state index contributed by atoms with van der Waals surface area (Å²) < 4.78 is 15.1. The molecule has 0 spiro atoms. The van der Waals surface area contributed by atoms with E-state index < -0.39 is 23.8 Å². The summed E-state index contributed by atoms with van der Waals surface area (Å²) in [6, 6.07) is 18.8. The first-order valence-corrected chi connectivity index (χ1v) is 14.0. The molecule has 9 heteroatoms. The maximum atomic E-state index is 15.1. The lowest BCUT2D eigenvalue weighted by Gasteiger charge is -2.29. The molecule has 3 fully saturated rings. The molecule has 1 unspecified atom stereocenters. The number of carbonyl (C=O) groups excluding carboxylic acids is 3. The monoisotopic (exact) mass is 554 g/mol. The Morgan fingerprint density at radius 2 is 1.56 bits per heavy atom. The van der Waals surface area contributed by atoms with Gasteiger partial charge in [0.05, 0.1) is 11.4 Å². The maximum absolute atomic E-state index is 15.1. The third-order valence-electron chi connectivity index (χ3n) is 8.28. The van der Waals surface area contributed by atoms with Crippen LogP contribution in [0, 0.1) is 17.7 Å². The van der Waals surface area contributed by atoms with E-state index in [0.29, 0.717) is 36.2 Å². The first kappa shape index (κ1) is 26.7. The number of phenolic OH excluding ortho intramolecular Hbond substituents is 1. The molecule has 2 saturated heterocycles. The molecule has 0 radical (unpaired) electrons. The highest BCUT2D eigenvalue weighted by molar-refractivity contribution is 6.21. The lowest BCUT2D eigenvalue weighted by molar-refractivity contribution is -0.132. The minimum absolute atomic E-state index is 0.105. The van der Waals surface area contributed by atoms with Gasteiger partial charge in [-0.25, -0.2) is 9.38 Å². The second-order valence-corrected chi connectivity index (χ2v) is 11.0. The minimum atomic E-state index is -1.44. The molecule has 2 N–H and O–H groups in total. The first-order chi connectivity index (χ1) is 19.9. The summed E-state index contributed by atoms with van der Waals surface area (Å²) >= 11 is 0. The Labute approximate surface area is 237 Å². The molecule has 7 rings (SSSR count). The van der Waals surface area contributed by atoms with Crippen LogP contribution in [0.2, 0.25) is 0 Å². The van der Waals surface area contributed by atoms with Gasteiger partial charge < -0.3 is 15.3 Å². The number of hydrogen-bond donors (Lipinski definition) is 2. The number of benzodiazepines with no additional fused rings is 1. The summed E-state index contributed by atoms with van der Waals surface area (Å²) in [6.45, 7) is 1.12. The highest BCUT2D eigenvalue weighted by Crippen LogP contribution is 2.34. The number of benzene rings is 3. The van der Waals surface area contributed by atoms with Gasteiger partial charge in [-0.15, -0.1) is 0 Å². The van der Waals surface area contributed by atoms with Crippen molar-refractivity contribution < 1.29 is 23.9 Å². The fraction of sp³-hybridized carbons (Fsp3) is 0.312. The maximum Gasteiger partial charge on any atom is 0.272 e. The average Bonchev–Trinajstić information content (AvgIpc) is 3.36. The van der Waals surface area contributed by atoms with E-state index in [2.05, 4.69) is 10.3 Å². The normalized spacial score (nSPS) is 21.9. The Morgan fingerprint density at radius 1 is 0.902 bits per heavy atom. The Bertz CT molecular complexity index is 1520. The highest BCUT2D eigenvalue weighted by Gasteiger charge is 2.37. The second kappa shape index (κ2) is 11.2. The van der Waals surface area contributed by atoms with Crippen LogP contribution in [0.4, 0.5) is 10.1 Å². The number of phenols is 1. The number of amides is 3. The Morgan fingerprint density at radius 3 is 2.24 bits per heavy atom. The number of halogens is 1. The number of para-hydroxylation sites is 1. The molecule has 3 aromatic carbocycles. The number of carbonyl (C=O) groups is 3. The molecule has 4 aliphatic rings. The summed E-state index contributed by atoms with van der Waals surface area (Å²) in [5.74, 6) is -1.12. The van der Waals surface area contributed by atoms with Gasteiger partial charge >= 0.3 is 0 Å². The molecule has 3 aromatic rings. The van der Waals surface area contributed by atoms with Crippen molar-refractivity contribution in [1.29, 1.82) is 0 Å². The van der Waals surface area contributed by atoms with Gasteiger partial charge in [0.15, 0.2) is 0 Å². The number of rotatable bonds is 5. The third kappa shape index (κ3) is 5.44. The third-order valence-corrected chi connectivity index (χ3v) is 8.28. The Kier molecular flexibility index (Phi) is 7.26. The zero-order valence-electron chi connectivity index (χ0n) is 22.5. The molecule has 41 heavy (non-hydrogen) atoms. The topological polar surface area (TPSA) is 102 Å². The SMILES string of the molecule is O=C(NC1N=C(c2ccccc2F)c2ccccc2N(CC(=O)N2CC3CCC(CC3)C2)C1=O)c1cccc(O)c1. The standard InChI is InChI=1S/C32H31FN4O4/c33-26-10-3-1-8-24(26)29-25-9-2-4-11-27(25)37(19-28(39)36-17-20-12-13-21(18-36)15-14-20)32(41)30(34-29)35-31(40)22-6-5-7-23(38)16-22/h1-11,16,20-21,30,38H,12-15,17-19H2,(H,35,40). The smallest absolute Gasteiger partial charge is 0.272 e. The van der Waals surface area contributed by atoms with Crippen LogP contribution >= 0.6 is 0 Å². The minimum Gasteiger partial charge on any atom is -0.508 e. The zero-order chi connectivity index (χ0) is 28.5. The number of aromatic hydroxyl groups is 1. The fourth-order valence-electron chi connectivity index (χ4n) is 6.14. The van der Waals surface area contributed by atoms with Gasteiger partial charge in [0.25, 0.3) is 11.8 Å². The average molecular weight is 555 g/mol. The van der Waals surface area contributed by atoms with E-state index in [9.17, 15) is 19.5 Å². The van der Waals surface area contributed by atoms with Crippen LogP contribution in [-0.2, 0) is 9.59 Å². The van der Waals surface area contributed by atoms with Crippen LogP contribution in [0.25, 0.3) is 0 Å². The van der Waals surface area contributed by atoms with Gasteiger partial charge in [-0.05, 0) is 73.9 Å². The summed E-state index contributed by atoms with van der Waals surface area (Å²) in [5.41, 5.74) is 1.38. The molecule has 3 heterocycles. The molecule has 2 bridgehead atoms. The first-order valence-electron chi connectivity index (χ1n) is 14.0. The van der Waals surface area contributed by atoms with E-state index in [0.717, 1.165) is 25.7 Å². The van der Waals surface area contributed by atoms with Crippen molar-refractivity contribution in [1.82, 2.24) is 10.2 Å². The lowest BCUT2D eigenvalue weighted by Crippen LogP contribution is -2.51. The van der Waals surface area contributed by atoms with Crippen LogP contribution in [0.1, 0.15) is 47.2 Å². The number of fused-ring (bicyclic) bond motifs is 5.